The highest BCUT2D eigenvalue weighted by Gasteiger charge is 2.22. The van der Waals surface area contributed by atoms with E-state index in [0.29, 0.717) is 19.0 Å². The highest BCUT2D eigenvalue weighted by molar-refractivity contribution is 7.09. The van der Waals surface area contributed by atoms with E-state index in [-0.39, 0.29) is 17.9 Å². The van der Waals surface area contributed by atoms with Gasteiger partial charge in [-0.1, -0.05) is 13.0 Å². The van der Waals surface area contributed by atoms with Crippen LogP contribution in [0.5, 0.6) is 5.75 Å². The van der Waals surface area contributed by atoms with Crippen LogP contribution in [-0.2, 0) is 13.0 Å². The molecule has 2 aromatic rings. The van der Waals surface area contributed by atoms with Crippen molar-refractivity contribution in [2.24, 2.45) is 4.99 Å². The number of piperazine rings is 1. The van der Waals surface area contributed by atoms with Crippen molar-refractivity contribution in [1.82, 2.24) is 19.6 Å². The summed E-state index contributed by atoms with van der Waals surface area (Å²) in [5.41, 5.74) is 0.0357. The van der Waals surface area contributed by atoms with Gasteiger partial charge in [-0.2, -0.15) is 13.2 Å². The first-order valence-electron chi connectivity index (χ1n) is 9.27. The van der Waals surface area contributed by atoms with E-state index < -0.39 is 12.4 Å². The summed E-state index contributed by atoms with van der Waals surface area (Å²) in [5, 5.41) is 3.95. The summed E-state index contributed by atoms with van der Waals surface area (Å²) in [4.78, 5) is 13.0. The topological polar surface area (TPSA) is 65.9 Å². The second-order valence-corrected chi connectivity index (χ2v) is 7.05. The van der Waals surface area contributed by atoms with Crippen LogP contribution in [0.1, 0.15) is 18.3 Å². The Bertz CT molecular complexity index is 839. The zero-order valence-electron chi connectivity index (χ0n) is 16.2. The van der Waals surface area contributed by atoms with Gasteiger partial charge in [-0.15, -0.1) is 0 Å². The van der Waals surface area contributed by atoms with Crippen LogP contribution < -0.4 is 15.0 Å². The minimum Gasteiger partial charge on any atom is -0.434 e. The van der Waals surface area contributed by atoms with E-state index >= 15 is 0 Å². The van der Waals surface area contributed by atoms with Gasteiger partial charge in [-0.25, -0.2) is 9.37 Å². The quantitative estimate of drug-likeness (QED) is 0.564. The molecule has 1 saturated heterocycles. The number of benzene rings is 1. The summed E-state index contributed by atoms with van der Waals surface area (Å²) in [7, 11) is 1.63. The van der Waals surface area contributed by atoms with Crippen molar-refractivity contribution < 1.29 is 17.9 Å². The van der Waals surface area contributed by atoms with Gasteiger partial charge in [0.25, 0.3) is 0 Å². The molecule has 0 unspecified atom stereocenters. The third-order valence-corrected chi connectivity index (χ3v) is 5.37. The predicted molar refractivity (Wildman–Crippen MR) is 106 cm³/mol. The molecular formula is C18H23F3N6OS. The Kier molecular flexibility index (Phi) is 7.13. The smallest absolute Gasteiger partial charge is 0.387 e. The second kappa shape index (κ2) is 9.77. The van der Waals surface area contributed by atoms with Gasteiger partial charge < -0.3 is 19.9 Å². The van der Waals surface area contributed by atoms with E-state index in [1.54, 1.807) is 7.05 Å². The number of ether oxygens (including phenoxy) is 1. The van der Waals surface area contributed by atoms with Gasteiger partial charge in [0.1, 0.15) is 17.4 Å². The van der Waals surface area contributed by atoms with Crippen molar-refractivity contribution in [3.8, 4) is 5.75 Å². The van der Waals surface area contributed by atoms with Crippen LogP contribution in [0.25, 0.3) is 0 Å². The fourth-order valence-corrected chi connectivity index (χ4v) is 3.84. The van der Waals surface area contributed by atoms with Gasteiger partial charge >= 0.3 is 6.61 Å². The second-order valence-electron chi connectivity index (χ2n) is 6.32. The molecule has 0 spiro atoms. The first-order chi connectivity index (χ1) is 14.0. The molecule has 1 aromatic carbocycles. The van der Waals surface area contributed by atoms with E-state index in [1.807, 2.05) is 11.8 Å². The molecule has 11 heteroatoms. The van der Waals surface area contributed by atoms with Crippen molar-refractivity contribution in [3.63, 3.8) is 0 Å². The fraction of sp³-hybridized carbons (Fsp3) is 0.500. The summed E-state index contributed by atoms with van der Waals surface area (Å²) in [6.07, 6.45) is 0.806. The lowest BCUT2D eigenvalue weighted by Crippen LogP contribution is -2.52. The number of nitrogens with one attached hydrogen (secondary N) is 1. The zero-order valence-corrected chi connectivity index (χ0v) is 17.1. The molecule has 158 valence electrons. The Balaban J connectivity index is 1.59. The molecule has 0 bridgehead atoms. The Labute approximate surface area is 171 Å². The highest BCUT2D eigenvalue weighted by Crippen LogP contribution is 2.23. The number of nitrogens with zero attached hydrogens (tertiary/aromatic N) is 5. The van der Waals surface area contributed by atoms with Gasteiger partial charge in [-0.05, 0) is 12.1 Å². The number of aromatic nitrogens is 2. The van der Waals surface area contributed by atoms with Gasteiger partial charge in [0.05, 0.1) is 0 Å². The molecule has 2 heterocycles. The molecule has 0 aliphatic carbocycles. The largest absolute Gasteiger partial charge is 0.434 e. The summed E-state index contributed by atoms with van der Waals surface area (Å²) in [6, 6.07) is 3.87. The van der Waals surface area contributed by atoms with Crippen molar-refractivity contribution in [2.45, 2.75) is 26.5 Å². The Hall–Kier alpha value is -2.56. The van der Waals surface area contributed by atoms with Crippen LogP contribution in [0.2, 0.25) is 0 Å². The predicted octanol–water partition coefficient (Wildman–Crippen LogP) is 2.74. The van der Waals surface area contributed by atoms with E-state index in [2.05, 4.69) is 29.3 Å². The Morgan fingerprint density at radius 1 is 1.31 bits per heavy atom. The monoisotopic (exact) mass is 428 g/mol. The van der Waals surface area contributed by atoms with Crippen LogP contribution >= 0.6 is 11.5 Å². The molecule has 7 nitrogen and oxygen atoms in total. The maximum atomic E-state index is 14.1. The number of anilines is 1. The molecule has 0 amide bonds. The first kappa shape index (κ1) is 21.2. The number of alkyl halides is 2. The van der Waals surface area contributed by atoms with Crippen LogP contribution in [0.15, 0.2) is 23.2 Å². The molecule has 3 rings (SSSR count). The molecule has 29 heavy (non-hydrogen) atoms. The molecule has 0 radical (unpaired) electrons. The number of hydrogen-bond acceptors (Lipinski definition) is 6. The summed E-state index contributed by atoms with van der Waals surface area (Å²) in [6.45, 7) is 1.87. The van der Waals surface area contributed by atoms with Crippen LogP contribution in [0.4, 0.5) is 18.3 Å². The summed E-state index contributed by atoms with van der Waals surface area (Å²) >= 11 is 1.40. The molecule has 1 aliphatic rings. The minimum atomic E-state index is -3.02. The van der Waals surface area contributed by atoms with E-state index in [0.717, 1.165) is 30.5 Å². The molecule has 1 fully saturated rings. The van der Waals surface area contributed by atoms with Gasteiger partial charge in [0.15, 0.2) is 5.96 Å². The molecule has 1 aliphatic heterocycles. The molecule has 0 atom stereocenters. The molecule has 1 N–H and O–H groups in total. The number of halogens is 3. The molecular weight excluding hydrogens is 405 g/mol. The van der Waals surface area contributed by atoms with E-state index in [4.69, 9.17) is 0 Å². The number of hydrogen-bond donors (Lipinski definition) is 1. The van der Waals surface area contributed by atoms with Gasteiger partial charge in [0, 0.05) is 63.3 Å². The van der Waals surface area contributed by atoms with Crippen LogP contribution in [0.3, 0.4) is 0 Å². The third kappa shape index (κ3) is 5.28. The van der Waals surface area contributed by atoms with Crippen molar-refractivity contribution in [2.75, 3.05) is 38.1 Å². The highest BCUT2D eigenvalue weighted by atomic mass is 32.1. The lowest BCUT2D eigenvalue weighted by Gasteiger charge is -2.36. The number of rotatable bonds is 6. The van der Waals surface area contributed by atoms with E-state index in [9.17, 15) is 13.2 Å². The maximum Gasteiger partial charge on any atom is 0.387 e. The average Bonchev–Trinajstić information content (AvgIpc) is 3.19. The number of aryl methyl sites for hydroxylation is 1. The lowest BCUT2D eigenvalue weighted by atomic mass is 10.2. The maximum absolute atomic E-state index is 14.1. The SMILES string of the molecule is CCc1nsc(N2CCN(C(=NC)NCc3c(F)cccc3OC(F)F)CC2)n1. The van der Waals surface area contributed by atoms with Crippen LogP contribution in [0, 0.1) is 5.82 Å². The van der Waals surface area contributed by atoms with Crippen molar-refractivity contribution >= 4 is 22.6 Å². The van der Waals surface area contributed by atoms with E-state index in [1.165, 1.54) is 29.7 Å². The first-order valence-corrected chi connectivity index (χ1v) is 10.0. The normalized spacial score (nSPS) is 15.2. The lowest BCUT2D eigenvalue weighted by molar-refractivity contribution is -0.0506. The molecule has 0 saturated carbocycles. The summed E-state index contributed by atoms with van der Waals surface area (Å²) in [5.74, 6) is 0.619. The number of guanidine groups is 1. The van der Waals surface area contributed by atoms with Crippen LogP contribution in [-0.4, -0.2) is 60.1 Å². The standard InChI is InChI=1S/C18H23F3N6OS/c1-3-15-24-18(29-25-15)27-9-7-26(8-10-27)17(22-2)23-11-12-13(19)5-4-6-14(12)28-16(20)21/h4-6,16H,3,7-11H2,1-2H3,(H,22,23). The zero-order chi connectivity index (χ0) is 20.8. The van der Waals surface area contributed by atoms with Crippen molar-refractivity contribution in [3.05, 3.63) is 35.4 Å². The van der Waals surface area contributed by atoms with Gasteiger partial charge in [0.2, 0.25) is 5.13 Å². The molecule has 1 aromatic heterocycles. The fourth-order valence-electron chi connectivity index (χ4n) is 3.04. The minimum absolute atomic E-state index is 0.0160. The number of aliphatic imine (C=N–C) groups is 1. The summed E-state index contributed by atoms with van der Waals surface area (Å²) < 4.78 is 48.0. The van der Waals surface area contributed by atoms with Gasteiger partial charge in [-0.3, -0.25) is 4.99 Å². The van der Waals surface area contributed by atoms with Crippen molar-refractivity contribution in [1.29, 1.82) is 0 Å². The average molecular weight is 428 g/mol. The third-order valence-electron chi connectivity index (χ3n) is 4.55. The Morgan fingerprint density at radius 2 is 2.07 bits per heavy atom. The Morgan fingerprint density at radius 3 is 2.69 bits per heavy atom.